The normalized spacial score (nSPS) is 14.9. The Morgan fingerprint density at radius 3 is 2.41 bits per heavy atom. The largest absolute Gasteiger partial charge is 0.496 e. The summed E-state index contributed by atoms with van der Waals surface area (Å²) in [6.45, 7) is 5.15. The van der Waals surface area contributed by atoms with Crippen LogP contribution < -0.4 is 15.4 Å². The topological polar surface area (TPSA) is 105 Å². The second kappa shape index (κ2) is 11.8. The molecular formula is C25H31N3O5S. The van der Waals surface area contributed by atoms with Crippen molar-refractivity contribution >= 4 is 21.8 Å². The lowest BCUT2D eigenvalue weighted by atomic mass is 9.98. The first kappa shape index (κ1) is 25.5. The lowest BCUT2D eigenvalue weighted by Gasteiger charge is -2.31. The molecule has 3 rings (SSSR count). The lowest BCUT2D eigenvalue weighted by Crippen LogP contribution is -2.41. The van der Waals surface area contributed by atoms with Gasteiger partial charge in [-0.2, -0.15) is 4.31 Å². The molecule has 9 heteroatoms. The zero-order valence-corrected chi connectivity index (χ0v) is 20.1. The van der Waals surface area contributed by atoms with Crippen molar-refractivity contribution in [2.45, 2.75) is 24.2 Å². The molecule has 2 amide bonds. The van der Waals surface area contributed by atoms with Gasteiger partial charge >= 0.3 is 0 Å². The number of sulfonamides is 1. The fourth-order valence-corrected chi connectivity index (χ4v) is 5.39. The molecule has 8 nitrogen and oxygen atoms in total. The number of nitrogens with one attached hydrogen (secondary N) is 2. The molecule has 1 heterocycles. The van der Waals surface area contributed by atoms with Crippen LogP contribution in [-0.4, -0.2) is 57.8 Å². The molecule has 0 spiro atoms. The maximum Gasteiger partial charge on any atom is 0.251 e. The highest BCUT2D eigenvalue weighted by molar-refractivity contribution is 7.89. The van der Waals surface area contributed by atoms with Crippen molar-refractivity contribution in [3.05, 3.63) is 72.3 Å². The van der Waals surface area contributed by atoms with Gasteiger partial charge in [0.15, 0.2) is 0 Å². The summed E-state index contributed by atoms with van der Waals surface area (Å²) in [5.74, 6) is 0.523. The maximum absolute atomic E-state index is 13.0. The molecule has 1 aliphatic rings. The molecule has 0 bridgehead atoms. The molecule has 0 aromatic heterocycles. The van der Waals surface area contributed by atoms with Crippen LogP contribution in [0.5, 0.6) is 5.75 Å². The van der Waals surface area contributed by atoms with E-state index in [0.29, 0.717) is 51.0 Å². The van der Waals surface area contributed by atoms with E-state index >= 15 is 0 Å². The Bertz CT molecular complexity index is 1110. The van der Waals surface area contributed by atoms with Crippen LogP contribution in [0.4, 0.5) is 0 Å². The van der Waals surface area contributed by atoms with E-state index in [2.05, 4.69) is 17.2 Å². The highest BCUT2D eigenvalue weighted by atomic mass is 32.2. The summed E-state index contributed by atoms with van der Waals surface area (Å²) >= 11 is 0. The number of carbonyl (C=O) groups is 2. The maximum atomic E-state index is 13.0. The van der Waals surface area contributed by atoms with Gasteiger partial charge in [0.2, 0.25) is 15.9 Å². The predicted molar refractivity (Wildman–Crippen MR) is 130 cm³/mol. The van der Waals surface area contributed by atoms with Crippen LogP contribution in [0.3, 0.4) is 0 Å². The van der Waals surface area contributed by atoms with Crippen LogP contribution in [0.1, 0.15) is 28.8 Å². The van der Waals surface area contributed by atoms with Crippen LogP contribution in [0.15, 0.2) is 66.1 Å². The average Bonchev–Trinajstić information content (AvgIpc) is 2.87. The summed E-state index contributed by atoms with van der Waals surface area (Å²) in [6, 6.07) is 13.6. The molecule has 0 aliphatic carbocycles. The summed E-state index contributed by atoms with van der Waals surface area (Å²) < 4.78 is 32.8. The molecule has 1 fully saturated rings. The molecule has 0 atom stereocenters. The molecule has 34 heavy (non-hydrogen) atoms. The van der Waals surface area contributed by atoms with Gasteiger partial charge in [0, 0.05) is 31.7 Å². The Morgan fingerprint density at radius 1 is 1.09 bits per heavy atom. The first-order chi connectivity index (χ1) is 16.3. The first-order valence-corrected chi connectivity index (χ1v) is 12.7. The summed E-state index contributed by atoms with van der Waals surface area (Å²) in [5.41, 5.74) is 1.40. The van der Waals surface area contributed by atoms with Gasteiger partial charge in [-0.1, -0.05) is 24.8 Å². The summed E-state index contributed by atoms with van der Waals surface area (Å²) in [5, 5.41) is 5.62. The van der Waals surface area contributed by atoms with Crippen molar-refractivity contribution in [3.63, 3.8) is 0 Å². The standard InChI is InChI=1S/C25H31N3O5S/c1-3-24(29)27-18-19-13-16-28(17-14-19)34(31,32)22-10-8-21(9-11-22)25(30)26-15-12-20-6-4-5-7-23(20)33-2/h3-11,19H,1,12-18H2,2H3,(H,26,30)(H,27,29). The average molecular weight is 486 g/mol. The third-order valence-corrected chi connectivity index (χ3v) is 7.86. The third kappa shape index (κ3) is 6.45. The molecule has 1 saturated heterocycles. The Balaban J connectivity index is 1.52. The van der Waals surface area contributed by atoms with E-state index in [1.165, 1.54) is 34.6 Å². The number of ether oxygens (including phenoxy) is 1. The van der Waals surface area contributed by atoms with E-state index in [1.54, 1.807) is 7.11 Å². The van der Waals surface area contributed by atoms with E-state index < -0.39 is 10.0 Å². The van der Waals surface area contributed by atoms with E-state index in [0.717, 1.165) is 11.3 Å². The Hall–Kier alpha value is -3.17. The minimum Gasteiger partial charge on any atom is -0.496 e. The quantitative estimate of drug-likeness (QED) is 0.503. The number of benzene rings is 2. The zero-order chi connectivity index (χ0) is 24.6. The summed E-state index contributed by atoms with van der Waals surface area (Å²) in [4.78, 5) is 24.0. The van der Waals surface area contributed by atoms with Crippen molar-refractivity contribution < 1.29 is 22.7 Å². The van der Waals surface area contributed by atoms with Crippen molar-refractivity contribution in [2.75, 3.05) is 33.3 Å². The lowest BCUT2D eigenvalue weighted by molar-refractivity contribution is -0.116. The third-order valence-electron chi connectivity index (χ3n) is 5.95. The Labute approximate surface area is 201 Å². The van der Waals surface area contributed by atoms with E-state index in [4.69, 9.17) is 4.74 Å². The van der Waals surface area contributed by atoms with Gasteiger partial charge < -0.3 is 15.4 Å². The van der Waals surface area contributed by atoms with Crippen molar-refractivity contribution in [3.8, 4) is 5.75 Å². The van der Waals surface area contributed by atoms with Gasteiger partial charge in [-0.25, -0.2) is 8.42 Å². The number of hydrogen-bond acceptors (Lipinski definition) is 5. The van der Waals surface area contributed by atoms with Gasteiger partial charge in [0.05, 0.1) is 12.0 Å². The minimum atomic E-state index is -3.64. The number of methoxy groups -OCH3 is 1. The van der Waals surface area contributed by atoms with Crippen LogP contribution in [0.25, 0.3) is 0 Å². The highest BCUT2D eigenvalue weighted by Gasteiger charge is 2.29. The zero-order valence-electron chi connectivity index (χ0n) is 19.3. The fraction of sp³-hybridized carbons (Fsp3) is 0.360. The number of carbonyl (C=O) groups excluding carboxylic acids is 2. The van der Waals surface area contributed by atoms with Crippen LogP contribution in [0, 0.1) is 5.92 Å². The second-order valence-electron chi connectivity index (χ2n) is 8.14. The van der Waals surface area contributed by atoms with Gasteiger partial charge in [0.1, 0.15) is 5.75 Å². The number of amides is 2. The summed E-state index contributed by atoms with van der Waals surface area (Å²) in [7, 11) is -2.03. The Kier molecular flexibility index (Phi) is 8.84. The molecule has 0 unspecified atom stereocenters. The van der Waals surface area contributed by atoms with Crippen LogP contribution >= 0.6 is 0 Å². The molecule has 2 aromatic carbocycles. The van der Waals surface area contributed by atoms with Crippen LogP contribution in [-0.2, 0) is 21.2 Å². The monoisotopic (exact) mass is 485 g/mol. The number of nitrogens with zero attached hydrogens (tertiary/aromatic N) is 1. The Morgan fingerprint density at radius 2 is 1.76 bits per heavy atom. The van der Waals surface area contributed by atoms with Gasteiger partial charge in [-0.3, -0.25) is 9.59 Å². The molecular weight excluding hydrogens is 454 g/mol. The number of hydrogen-bond donors (Lipinski definition) is 2. The smallest absolute Gasteiger partial charge is 0.251 e. The second-order valence-corrected chi connectivity index (χ2v) is 10.1. The number of rotatable bonds is 10. The van der Waals surface area contributed by atoms with E-state index in [9.17, 15) is 18.0 Å². The number of para-hydroxylation sites is 1. The molecule has 1 aliphatic heterocycles. The van der Waals surface area contributed by atoms with Gasteiger partial charge in [0.25, 0.3) is 5.91 Å². The van der Waals surface area contributed by atoms with Crippen molar-refractivity contribution in [1.82, 2.24) is 14.9 Å². The van der Waals surface area contributed by atoms with Gasteiger partial charge in [-0.05, 0) is 67.2 Å². The molecule has 0 radical (unpaired) electrons. The van der Waals surface area contributed by atoms with Crippen LogP contribution in [0.2, 0.25) is 0 Å². The molecule has 2 aromatic rings. The first-order valence-electron chi connectivity index (χ1n) is 11.3. The van der Waals surface area contributed by atoms with Crippen molar-refractivity contribution in [1.29, 1.82) is 0 Å². The fourth-order valence-electron chi connectivity index (χ4n) is 3.92. The highest BCUT2D eigenvalue weighted by Crippen LogP contribution is 2.24. The minimum absolute atomic E-state index is 0.163. The number of piperidine rings is 1. The summed E-state index contributed by atoms with van der Waals surface area (Å²) in [6.07, 6.45) is 3.19. The van der Waals surface area contributed by atoms with Crippen molar-refractivity contribution in [2.24, 2.45) is 5.92 Å². The van der Waals surface area contributed by atoms with E-state index in [1.807, 2.05) is 24.3 Å². The predicted octanol–water partition coefficient (Wildman–Crippen LogP) is 2.37. The molecule has 0 saturated carbocycles. The van der Waals surface area contributed by atoms with E-state index in [-0.39, 0.29) is 22.6 Å². The molecule has 2 N–H and O–H groups in total. The SMILES string of the molecule is C=CC(=O)NCC1CCN(S(=O)(=O)c2ccc(C(=O)NCCc3ccccc3OC)cc2)CC1. The van der Waals surface area contributed by atoms with Gasteiger partial charge in [-0.15, -0.1) is 0 Å². The molecule has 182 valence electrons.